The number of benzene rings is 1. The van der Waals surface area contributed by atoms with Crippen molar-refractivity contribution in [3.63, 3.8) is 0 Å². The highest BCUT2D eigenvalue weighted by atomic mass is 32.2. The van der Waals surface area contributed by atoms with E-state index in [1.165, 1.54) is 0 Å². The van der Waals surface area contributed by atoms with Gasteiger partial charge in [0.15, 0.2) is 0 Å². The third-order valence-corrected chi connectivity index (χ3v) is 3.57. The zero-order valence-electron chi connectivity index (χ0n) is 10.3. The summed E-state index contributed by atoms with van der Waals surface area (Å²) in [5.41, 5.74) is 4.74. The number of halogens is 5. The van der Waals surface area contributed by atoms with Crippen molar-refractivity contribution in [3.8, 4) is 5.75 Å². The molecule has 0 heterocycles. The Morgan fingerprint density at radius 2 is 1.81 bits per heavy atom. The zero-order valence-corrected chi connectivity index (χ0v) is 11.1. The van der Waals surface area contributed by atoms with Gasteiger partial charge in [0.2, 0.25) is 10.0 Å². The van der Waals surface area contributed by atoms with Crippen molar-refractivity contribution in [2.75, 3.05) is 13.1 Å². The molecule has 1 rings (SSSR count). The summed E-state index contributed by atoms with van der Waals surface area (Å²) in [5, 5.41) is 0. The van der Waals surface area contributed by atoms with E-state index in [0.717, 1.165) is 18.2 Å². The van der Waals surface area contributed by atoms with Crippen LogP contribution in [0.4, 0.5) is 22.0 Å². The third-order valence-electron chi connectivity index (χ3n) is 2.17. The van der Waals surface area contributed by atoms with Gasteiger partial charge >= 0.3 is 6.36 Å². The summed E-state index contributed by atoms with van der Waals surface area (Å²) in [6, 6.07) is 3.36. The van der Waals surface area contributed by atoms with E-state index < -0.39 is 46.0 Å². The highest BCUT2D eigenvalue weighted by molar-refractivity contribution is 7.89. The molecule has 0 fully saturated rings. The van der Waals surface area contributed by atoms with Gasteiger partial charge in [0.1, 0.15) is 5.75 Å². The number of nitrogens with one attached hydrogen (secondary N) is 1. The zero-order chi connectivity index (χ0) is 16.3. The molecule has 3 N–H and O–H groups in total. The first kappa shape index (κ1) is 17.6. The second-order valence-corrected chi connectivity index (χ2v) is 5.67. The first-order valence-corrected chi connectivity index (χ1v) is 6.87. The average molecular weight is 334 g/mol. The topological polar surface area (TPSA) is 81.4 Å². The molecule has 1 aromatic carbocycles. The van der Waals surface area contributed by atoms with Crippen molar-refractivity contribution in [2.45, 2.75) is 17.2 Å². The summed E-state index contributed by atoms with van der Waals surface area (Å²) < 4.78 is 90.3. The second kappa shape index (κ2) is 6.12. The van der Waals surface area contributed by atoms with Gasteiger partial charge in [-0.3, -0.25) is 0 Å². The Bertz CT molecular complexity index is 589. The first-order chi connectivity index (χ1) is 9.45. The Morgan fingerprint density at radius 1 is 1.19 bits per heavy atom. The summed E-state index contributed by atoms with van der Waals surface area (Å²) in [5.74, 6) is -4.25. The van der Waals surface area contributed by atoms with E-state index in [1.807, 2.05) is 0 Å². The van der Waals surface area contributed by atoms with E-state index in [-0.39, 0.29) is 0 Å². The lowest BCUT2D eigenvalue weighted by Crippen LogP contribution is -2.41. The molecular formula is C10H11F5N2O3S. The van der Waals surface area contributed by atoms with Crippen LogP contribution in [0.5, 0.6) is 5.75 Å². The third kappa shape index (κ3) is 5.81. The van der Waals surface area contributed by atoms with Crippen molar-refractivity contribution in [1.82, 2.24) is 4.72 Å². The van der Waals surface area contributed by atoms with Crippen LogP contribution in [-0.2, 0) is 10.0 Å². The Labute approximate surface area is 116 Å². The van der Waals surface area contributed by atoms with Crippen molar-refractivity contribution in [1.29, 1.82) is 0 Å². The van der Waals surface area contributed by atoms with Gasteiger partial charge in [0.25, 0.3) is 5.92 Å². The highest BCUT2D eigenvalue weighted by Crippen LogP contribution is 2.25. The number of hydrogen-bond donors (Lipinski definition) is 2. The van der Waals surface area contributed by atoms with Crippen molar-refractivity contribution in [3.05, 3.63) is 24.3 Å². The lowest BCUT2D eigenvalue weighted by atomic mass is 10.3. The predicted molar refractivity (Wildman–Crippen MR) is 62.3 cm³/mol. The van der Waals surface area contributed by atoms with Crippen LogP contribution in [0.2, 0.25) is 0 Å². The lowest BCUT2D eigenvalue weighted by Gasteiger charge is -2.15. The summed E-state index contributed by atoms with van der Waals surface area (Å²) in [6.45, 7) is -2.34. The summed E-state index contributed by atoms with van der Waals surface area (Å²) in [7, 11) is -4.41. The Hall–Kier alpha value is -1.46. The van der Waals surface area contributed by atoms with Gasteiger partial charge in [-0.05, 0) is 12.1 Å². The van der Waals surface area contributed by atoms with Crippen molar-refractivity contribution < 1.29 is 35.1 Å². The van der Waals surface area contributed by atoms with Crippen LogP contribution in [0, 0.1) is 0 Å². The van der Waals surface area contributed by atoms with E-state index in [0.29, 0.717) is 6.07 Å². The molecule has 0 spiro atoms. The SMILES string of the molecule is NCC(F)(F)CNS(=O)(=O)c1cccc(OC(F)(F)F)c1. The van der Waals surface area contributed by atoms with Crippen molar-refractivity contribution in [2.24, 2.45) is 5.73 Å². The maximum absolute atomic E-state index is 12.9. The molecule has 0 aliphatic heterocycles. The fourth-order valence-corrected chi connectivity index (χ4v) is 2.29. The summed E-state index contributed by atoms with van der Waals surface area (Å²) in [4.78, 5) is -0.642. The largest absolute Gasteiger partial charge is 0.573 e. The van der Waals surface area contributed by atoms with Gasteiger partial charge < -0.3 is 10.5 Å². The number of alkyl halides is 5. The van der Waals surface area contributed by atoms with Gasteiger partial charge in [-0.2, -0.15) is 0 Å². The molecule has 120 valence electrons. The van der Waals surface area contributed by atoms with E-state index in [4.69, 9.17) is 5.73 Å². The minimum atomic E-state index is -5.00. The number of sulfonamides is 1. The molecule has 0 saturated heterocycles. The highest BCUT2D eigenvalue weighted by Gasteiger charge is 2.32. The molecule has 0 unspecified atom stereocenters. The minimum absolute atomic E-state index is 0.566. The van der Waals surface area contributed by atoms with E-state index >= 15 is 0 Å². The van der Waals surface area contributed by atoms with Gasteiger partial charge in [-0.1, -0.05) is 6.07 Å². The number of rotatable bonds is 6. The normalized spacial score (nSPS) is 13.2. The first-order valence-electron chi connectivity index (χ1n) is 5.39. The van der Waals surface area contributed by atoms with Crippen LogP contribution in [-0.4, -0.2) is 33.8 Å². The van der Waals surface area contributed by atoms with Gasteiger partial charge in [-0.25, -0.2) is 21.9 Å². The molecule has 0 amide bonds. The minimum Gasteiger partial charge on any atom is -0.406 e. The van der Waals surface area contributed by atoms with Crippen LogP contribution in [0.3, 0.4) is 0 Å². The molecule has 0 aromatic heterocycles. The van der Waals surface area contributed by atoms with E-state index in [2.05, 4.69) is 4.74 Å². The Morgan fingerprint density at radius 3 is 2.33 bits per heavy atom. The smallest absolute Gasteiger partial charge is 0.406 e. The fourth-order valence-electron chi connectivity index (χ4n) is 1.19. The van der Waals surface area contributed by atoms with Crippen LogP contribution in [0.15, 0.2) is 29.2 Å². The Kier molecular flexibility index (Phi) is 5.12. The molecular weight excluding hydrogens is 323 g/mol. The second-order valence-electron chi connectivity index (χ2n) is 3.91. The predicted octanol–water partition coefficient (Wildman–Crippen LogP) is 1.46. The van der Waals surface area contributed by atoms with E-state index in [1.54, 1.807) is 4.72 Å². The maximum Gasteiger partial charge on any atom is 0.573 e. The average Bonchev–Trinajstić information content (AvgIpc) is 2.35. The number of nitrogens with two attached hydrogens (primary N) is 1. The number of hydrogen-bond acceptors (Lipinski definition) is 4. The summed E-state index contributed by atoms with van der Waals surface area (Å²) in [6.07, 6.45) is -5.00. The van der Waals surface area contributed by atoms with Gasteiger partial charge in [0.05, 0.1) is 18.0 Å². The van der Waals surface area contributed by atoms with Crippen LogP contribution < -0.4 is 15.2 Å². The van der Waals surface area contributed by atoms with Crippen LogP contribution in [0.25, 0.3) is 0 Å². The summed E-state index contributed by atoms with van der Waals surface area (Å²) >= 11 is 0. The molecule has 11 heteroatoms. The molecule has 0 aliphatic rings. The molecule has 0 radical (unpaired) electrons. The molecule has 0 bridgehead atoms. The molecule has 0 aliphatic carbocycles. The van der Waals surface area contributed by atoms with Gasteiger partial charge in [-0.15, -0.1) is 13.2 Å². The molecule has 0 saturated carbocycles. The fraction of sp³-hybridized carbons (Fsp3) is 0.400. The standard InChI is InChI=1S/C10H11F5N2O3S/c11-9(12,5-16)6-17-21(18,19)8-3-1-2-7(4-8)20-10(13,14)15/h1-4,17H,5-6,16H2. The van der Waals surface area contributed by atoms with E-state index in [9.17, 15) is 30.4 Å². The van der Waals surface area contributed by atoms with Crippen LogP contribution in [0.1, 0.15) is 0 Å². The molecule has 21 heavy (non-hydrogen) atoms. The molecule has 5 nitrogen and oxygen atoms in total. The maximum atomic E-state index is 12.9. The molecule has 0 atom stereocenters. The monoisotopic (exact) mass is 334 g/mol. The molecule has 1 aromatic rings. The van der Waals surface area contributed by atoms with Crippen molar-refractivity contribution >= 4 is 10.0 Å². The Balaban J connectivity index is 2.91. The van der Waals surface area contributed by atoms with Crippen LogP contribution >= 0.6 is 0 Å². The van der Waals surface area contributed by atoms with Gasteiger partial charge in [0, 0.05) is 6.07 Å². The lowest BCUT2D eigenvalue weighted by molar-refractivity contribution is -0.274. The quantitative estimate of drug-likeness (QED) is 0.772. The number of ether oxygens (including phenoxy) is 1.